The molecule has 2 aliphatic heterocycles. The molecular weight excluding hydrogens is 284 g/mol. The Balaban J connectivity index is 1.82. The molecule has 2 aliphatic rings. The number of benzene rings is 2. The van der Waals surface area contributed by atoms with Gasteiger partial charge in [-0.25, -0.2) is 8.78 Å². The summed E-state index contributed by atoms with van der Waals surface area (Å²) in [5.74, 6) is -0.542. The maximum absolute atomic E-state index is 13.6. The fraction of sp³-hybridized carbons (Fsp3) is 0.333. The Labute approximate surface area is 128 Å². The summed E-state index contributed by atoms with van der Waals surface area (Å²) in [6.45, 7) is 2.38. The van der Waals surface area contributed by atoms with Crippen molar-refractivity contribution in [1.29, 1.82) is 0 Å². The van der Waals surface area contributed by atoms with Gasteiger partial charge in [0, 0.05) is 25.4 Å². The number of rotatable bonds is 1. The molecule has 0 aromatic heterocycles. The van der Waals surface area contributed by atoms with Gasteiger partial charge >= 0.3 is 0 Å². The third-order valence-electron chi connectivity index (χ3n) is 4.61. The molecule has 2 nitrogen and oxygen atoms in total. The van der Waals surface area contributed by atoms with Gasteiger partial charge in [0.1, 0.15) is 5.75 Å². The van der Waals surface area contributed by atoms with E-state index in [2.05, 4.69) is 17.0 Å². The maximum atomic E-state index is 13.6. The van der Waals surface area contributed by atoms with Crippen LogP contribution in [0.2, 0.25) is 0 Å². The van der Waals surface area contributed by atoms with Crippen LogP contribution in [0.5, 0.6) is 5.75 Å². The second-order valence-corrected chi connectivity index (χ2v) is 6.18. The SMILES string of the molecule is CN1Cc2cc3c(cc2C(c2ccc(F)c(F)c2)C1)CCO3. The molecule has 4 heteroatoms. The molecule has 0 N–H and O–H groups in total. The van der Waals surface area contributed by atoms with E-state index in [1.807, 2.05) is 7.05 Å². The van der Waals surface area contributed by atoms with Crippen molar-refractivity contribution in [1.82, 2.24) is 4.90 Å². The number of hydrogen-bond donors (Lipinski definition) is 0. The van der Waals surface area contributed by atoms with Gasteiger partial charge in [-0.2, -0.15) is 0 Å². The summed E-state index contributed by atoms with van der Waals surface area (Å²) in [5, 5.41) is 0. The maximum Gasteiger partial charge on any atom is 0.159 e. The summed E-state index contributed by atoms with van der Waals surface area (Å²) in [6, 6.07) is 8.54. The van der Waals surface area contributed by atoms with Crippen LogP contribution in [0.3, 0.4) is 0 Å². The van der Waals surface area contributed by atoms with Crippen LogP contribution in [-0.4, -0.2) is 25.1 Å². The van der Waals surface area contributed by atoms with Gasteiger partial charge in [0.25, 0.3) is 0 Å². The van der Waals surface area contributed by atoms with Crippen molar-refractivity contribution in [2.75, 3.05) is 20.2 Å². The van der Waals surface area contributed by atoms with Crippen LogP contribution in [0.15, 0.2) is 30.3 Å². The van der Waals surface area contributed by atoms with Gasteiger partial charge in [-0.15, -0.1) is 0 Å². The molecule has 2 aromatic carbocycles. The standard InChI is InChI=1S/C18H17F2NO/c1-21-9-13-8-18-12(4-5-22-18)6-14(13)15(10-21)11-2-3-16(19)17(20)7-11/h2-3,6-8,15H,4-5,9-10H2,1H3. The Morgan fingerprint density at radius 1 is 1.09 bits per heavy atom. The lowest BCUT2D eigenvalue weighted by molar-refractivity contribution is 0.293. The number of hydrogen-bond acceptors (Lipinski definition) is 2. The average Bonchev–Trinajstić information content (AvgIpc) is 2.94. The lowest BCUT2D eigenvalue weighted by Gasteiger charge is -2.33. The first kappa shape index (κ1) is 13.7. The van der Waals surface area contributed by atoms with Crippen LogP contribution < -0.4 is 4.74 Å². The second-order valence-electron chi connectivity index (χ2n) is 6.18. The third kappa shape index (κ3) is 2.18. The second kappa shape index (κ2) is 5.06. The number of nitrogens with zero attached hydrogens (tertiary/aromatic N) is 1. The molecule has 0 spiro atoms. The van der Waals surface area contributed by atoms with E-state index in [0.29, 0.717) is 0 Å². The molecule has 0 saturated carbocycles. The van der Waals surface area contributed by atoms with E-state index in [1.165, 1.54) is 28.8 Å². The fourth-order valence-corrected chi connectivity index (χ4v) is 3.53. The topological polar surface area (TPSA) is 12.5 Å². The van der Waals surface area contributed by atoms with E-state index in [0.717, 1.165) is 37.4 Å². The van der Waals surface area contributed by atoms with E-state index in [4.69, 9.17) is 4.74 Å². The molecule has 2 heterocycles. The summed E-state index contributed by atoms with van der Waals surface area (Å²) in [5.41, 5.74) is 4.47. The molecule has 0 amide bonds. The Hall–Kier alpha value is -1.94. The van der Waals surface area contributed by atoms with Gasteiger partial charge in [-0.3, -0.25) is 0 Å². The van der Waals surface area contributed by atoms with Gasteiger partial charge < -0.3 is 9.64 Å². The minimum atomic E-state index is -0.796. The van der Waals surface area contributed by atoms with Crippen molar-refractivity contribution in [3.63, 3.8) is 0 Å². The molecule has 0 aliphatic carbocycles. The smallest absolute Gasteiger partial charge is 0.159 e. The van der Waals surface area contributed by atoms with Crippen LogP contribution >= 0.6 is 0 Å². The van der Waals surface area contributed by atoms with Gasteiger partial charge in [0.2, 0.25) is 0 Å². The van der Waals surface area contributed by atoms with Crippen LogP contribution in [0.25, 0.3) is 0 Å². The van der Waals surface area contributed by atoms with Gasteiger partial charge in [0.15, 0.2) is 11.6 Å². The molecule has 0 bridgehead atoms. The van der Waals surface area contributed by atoms with Gasteiger partial charge in [-0.05, 0) is 47.5 Å². The van der Waals surface area contributed by atoms with Crippen molar-refractivity contribution in [2.45, 2.75) is 18.9 Å². The van der Waals surface area contributed by atoms with Gasteiger partial charge in [-0.1, -0.05) is 12.1 Å². The predicted octanol–water partition coefficient (Wildman–Crippen LogP) is 3.48. The van der Waals surface area contributed by atoms with E-state index < -0.39 is 11.6 Å². The average molecular weight is 301 g/mol. The lowest BCUT2D eigenvalue weighted by Crippen LogP contribution is -2.31. The molecule has 114 valence electrons. The Kier molecular flexibility index (Phi) is 3.15. The highest BCUT2D eigenvalue weighted by atomic mass is 19.2. The summed E-state index contributed by atoms with van der Waals surface area (Å²) >= 11 is 0. The Morgan fingerprint density at radius 3 is 2.77 bits per heavy atom. The molecule has 22 heavy (non-hydrogen) atoms. The van der Waals surface area contributed by atoms with Crippen LogP contribution in [0.4, 0.5) is 8.78 Å². The predicted molar refractivity (Wildman–Crippen MR) is 80.2 cm³/mol. The molecule has 1 atom stereocenters. The zero-order valence-electron chi connectivity index (χ0n) is 12.4. The molecule has 2 aromatic rings. The first-order valence-corrected chi connectivity index (χ1v) is 7.54. The quantitative estimate of drug-likeness (QED) is 0.799. The fourth-order valence-electron chi connectivity index (χ4n) is 3.53. The highest BCUT2D eigenvalue weighted by Gasteiger charge is 2.28. The van der Waals surface area contributed by atoms with Crippen molar-refractivity contribution < 1.29 is 13.5 Å². The Morgan fingerprint density at radius 2 is 1.95 bits per heavy atom. The van der Waals surface area contributed by atoms with E-state index in [9.17, 15) is 8.78 Å². The first-order valence-electron chi connectivity index (χ1n) is 7.54. The summed E-state index contributed by atoms with van der Waals surface area (Å²) < 4.78 is 32.5. The molecule has 1 unspecified atom stereocenters. The number of fused-ring (bicyclic) bond motifs is 2. The van der Waals surface area contributed by atoms with Crippen LogP contribution in [0.1, 0.15) is 28.2 Å². The monoisotopic (exact) mass is 301 g/mol. The number of ether oxygens (including phenoxy) is 1. The van der Waals surface area contributed by atoms with E-state index >= 15 is 0 Å². The summed E-state index contributed by atoms with van der Waals surface area (Å²) in [6.07, 6.45) is 0.920. The van der Waals surface area contributed by atoms with E-state index in [-0.39, 0.29) is 5.92 Å². The zero-order chi connectivity index (χ0) is 15.3. The zero-order valence-corrected chi connectivity index (χ0v) is 12.4. The normalized spacial score (nSPS) is 20.4. The third-order valence-corrected chi connectivity index (χ3v) is 4.61. The van der Waals surface area contributed by atoms with Crippen LogP contribution in [-0.2, 0) is 13.0 Å². The van der Waals surface area contributed by atoms with Crippen molar-refractivity contribution in [3.05, 3.63) is 64.2 Å². The largest absolute Gasteiger partial charge is 0.493 e. The molecule has 4 rings (SSSR count). The lowest BCUT2D eigenvalue weighted by atomic mass is 9.83. The molecule has 0 radical (unpaired) electrons. The van der Waals surface area contributed by atoms with Crippen molar-refractivity contribution in [2.24, 2.45) is 0 Å². The van der Waals surface area contributed by atoms with Crippen molar-refractivity contribution in [3.8, 4) is 5.75 Å². The first-order chi connectivity index (χ1) is 10.6. The van der Waals surface area contributed by atoms with Gasteiger partial charge in [0.05, 0.1) is 6.61 Å². The highest BCUT2D eigenvalue weighted by molar-refractivity contribution is 5.49. The number of halogens is 2. The molecule has 0 fully saturated rings. The van der Waals surface area contributed by atoms with E-state index in [1.54, 1.807) is 6.07 Å². The molecule has 0 saturated heterocycles. The van der Waals surface area contributed by atoms with Crippen molar-refractivity contribution >= 4 is 0 Å². The minimum absolute atomic E-state index is 0.0646. The minimum Gasteiger partial charge on any atom is -0.493 e. The highest BCUT2D eigenvalue weighted by Crippen LogP contribution is 2.38. The summed E-state index contributed by atoms with van der Waals surface area (Å²) in [4.78, 5) is 2.20. The molecular formula is C18H17F2NO. The Bertz CT molecular complexity index is 744. The number of likely N-dealkylation sites (N-methyl/N-ethyl adjacent to an activating group) is 1. The summed E-state index contributed by atoms with van der Waals surface area (Å²) in [7, 11) is 2.05. The van der Waals surface area contributed by atoms with Crippen LogP contribution in [0, 0.1) is 11.6 Å².